The quantitative estimate of drug-likeness (QED) is 0.432. The van der Waals surface area contributed by atoms with Gasteiger partial charge in [-0.05, 0) is 36.2 Å². The van der Waals surface area contributed by atoms with Crippen LogP contribution in [0.2, 0.25) is 0 Å². The standard InChI is InChI=1S/C17H15N3O7S/c1-11-3-6-13(20(22)23)10-15(11)27-28(24)19-16(18-26-17(19)21)9-12-4-7-14(25-2)8-5-12/h3-8,10H,9H2,1-2H3. The lowest BCUT2D eigenvalue weighted by atomic mass is 10.1. The monoisotopic (exact) mass is 405 g/mol. The number of aromatic nitrogens is 2. The fourth-order valence-electron chi connectivity index (χ4n) is 2.35. The largest absolute Gasteiger partial charge is 0.497 e. The van der Waals surface area contributed by atoms with Crippen LogP contribution in [0.15, 0.2) is 51.8 Å². The average Bonchev–Trinajstić information content (AvgIpc) is 3.04. The van der Waals surface area contributed by atoms with Crippen LogP contribution < -0.4 is 14.7 Å². The molecule has 28 heavy (non-hydrogen) atoms. The molecule has 3 rings (SSSR count). The highest BCUT2D eigenvalue weighted by Gasteiger charge is 2.21. The van der Waals surface area contributed by atoms with Crippen molar-refractivity contribution in [1.29, 1.82) is 0 Å². The summed E-state index contributed by atoms with van der Waals surface area (Å²) in [6.07, 6.45) is 0.152. The Labute approximate surface area is 161 Å². The molecule has 1 atom stereocenters. The number of non-ortho nitro benzene ring substituents is 1. The van der Waals surface area contributed by atoms with E-state index in [4.69, 9.17) is 8.92 Å². The van der Waals surface area contributed by atoms with Crippen LogP contribution in [0.4, 0.5) is 5.69 Å². The Morgan fingerprint density at radius 2 is 1.96 bits per heavy atom. The number of nitro groups is 1. The van der Waals surface area contributed by atoms with Crippen LogP contribution in [0.5, 0.6) is 11.5 Å². The number of hydrogen-bond donors (Lipinski definition) is 0. The van der Waals surface area contributed by atoms with Gasteiger partial charge in [0.05, 0.1) is 18.1 Å². The fourth-order valence-corrected chi connectivity index (χ4v) is 3.19. The summed E-state index contributed by atoms with van der Waals surface area (Å²) in [5.41, 5.74) is 1.06. The molecule has 0 fully saturated rings. The molecule has 0 spiro atoms. The minimum absolute atomic E-state index is 0.0102. The number of ether oxygens (including phenoxy) is 1. The van der Waals surface area contributed by atoms with Gasteiger partial charge in [-0.15, -0.1) is 3.97 Å². The Morgan fingerprint density at radius 1 is 1.25 bits per heavy atom. The Balaban J connectivity index is 1.86. The molecule has 0 bridgehead atoms. The molecule has 0 amide bonds. The first-order valence-corrected chi connectivity index (χ1v) is 8.98. The van der Waals surface area contributed by atoms with Crippen LogP contribution in [0.3, 0.4) is 0 Å². The van der Waals surface area contributed by atoms with E-state index in [9.17, 15) is 19.1 Å². The van der Waals surface area contributed by atoms with Crippen LogP contribution in [-0.2, 0) is 17.7 Å². The zero-order valence-electron chi connectivity index (χ0n) is 14.9. The molecule has 10 nitrogen and oxygen atoms in total. The molecule has 0 aliphatic carbocycles. The van der Waals surface area contributed by atoms with Gasteiger partial charge in [-0.1, -0.05) is 17.3 Å². The third kappa shape index (κ3) is 4.09. The molecule has 0 saturated carbocycles. The van der Waals surface area contributed by atoms with Gasteiger partial charge >= 0.3 is 17.0 Å². The highest BCUT2D eigenvalue weighted by atomic mass is 32.2. The van der Waals surface area contributed by atoms with Crippen LogP contribution in [0, 0.1) is 17.0 Å². The number of hydrogen-bond acceptors (Lipinski definition) is 8. The predicted octanol–water partition coefficient (Wildman–Crippen LogP) is 2.16. The summed E-state index contributed by atoms with van der Waals surface area (Å²) in [6.45, 7) is 1.63. The van der Waals surface area contributed by atoms with Crippen molar-refractivity contribution < 1.29 is 22.6 Å². The highest BCUT2D eigenvalue weighted by molar-refractivity contribution is 7.79. The first-order chi connectivity index (χ1) is 13.4. The van der Waals surface area contributed by atoms with Gasteiger partial charge in [-0.25, -0.2) is 4.79 Å². The number of aryl methyl sites for hydroxylation is 1. The Hall–Kier alpha value is -3.47. The smallest absolute Gasteiger partial charge is 0.456 e. The zero-order valence-corrected chi connectivity index (χ0v) is 15.7. The van der Waals surface area contributed by atoms with E-state index >= 15 is 0 Å². The van der Waals surface area contributed by atoms with Gasteiger partial charge in [0.2, 0.25) is 0 Å². The first kappa shape index (κ1) is 19.3. The van der Waals surface area contributed by atoms with Crippen LogP contribution >= 0.6 is 0 Å². The van der Waals surface area contributed by atoms with Crippen molar-refractivity contribution in [3.63, 3.8) is 0 Å². The number of benzene rings is 2. The van der Waals surface area contributed by atoms with Crippen molar-refractivity contribution in [2.75, 3.05) is 7.11 Å². The summed E-state index contributed by atoms with van der Waals surface area (Å²) in [6, 6.07) is 10.9. The third-order valence-electron chi connectivity index (χ3n) is 3.84. The lowest BCUT2D eigenvalue weighted by Gasteiger charge is -2.08. The summed E-state index contributed by atoms with van der Waals surface area (Å²) in [7, 11) is 1.54. The summed E-state index contributed by atoms with van der Waals surface area (Å²) >= 11 is -2.34. The fraction of sp³-hybridized carbons (Fsp3) is 0.176. The van der Waals surface area contributed by atoms with Gasteiger partial charge in [0.1, 0.15) is 5.75 Å². The number of methoxy groups -OCH3 is 1. The van der Waals surface area contributed by atoms with E-state index < -0.39 is 21.9 Å². The molecule has 0 N–H and O–H groups in total. The van der Waals surface area contributed by atoms with Crippen molar-refractivity contribution in [2.45, 2.75) is 13.3 Å². The average molecular weight is 405 g/mol. The summed E-state index contributed by atoms with van der Waals surface area (Å²) in [5.74, 6) is -0.216. The second-order valence-corrected chi connectivity index (χ2v) is 6.66. The van der Waals surface area contributed by atoms with Crippen molar-refractivity contribution in [2.24, 2.45) is 0 Å². The van der Waals surface area contributed by atoms with Crippen LogP contribution in [0.25, 0.3) is 0 Å². The lowest BCUT2D eigenvalue weighted by Crippen LogP contribution is -2.24. The van der Waals surface area contributed by atoms with Gasteiger partial charge < -0.3 is 8.92 Å². The summed E-state index contributed by atoms with van der Waals surface area (Å²) in [5, 5.41) is 14.6. The first-order valence-electron chi connectivity index (χ1n) is 7.95. The van der Waals surface area contributed by atoms with Crippen LogP contribution in [-0.4, -0.2) is 25.4 Å². The second kappa shape index (κ2) is 8.05. The number of nitro benzene ring substituents is 1. The molecule has 0 aliphatic heterocycles. The molecular weight excluding hydrogens is 390 g/mol. The van der Waals surface area contributed by atoms with E-state index in [0.717, 1.165) is 15.6 Å². The summed E-state index contributed by atoms with van der Waals surface area (Å²) < 4.78 is 28.3. The van der Waals surface area contributed by atoms with Gasteiger partial charge in [0.15, 0.2) is 11.6 Å². The van der Waals surface area contributed by atoms with E-state index in [2.05, 4.69) is 9.68 Å². The van der Waals surface area contributed by atoms with Crippen LogP contribution in [0.1, 0.15) is 17.0 Å². The molecule has 1 unspecified atom stereocenters. The molecular formula is C17H15N3O7S. The normalized spacial score (nSPS) is 11.8. The van der Waals surface area contributed by atoms with Gasteiger partial charge in [0, 0.05) is 12.5 Å². The minimum Gasteiger partial charge on any atom is -0.497 e. The van der Waals surface area contributed by atoms with Crippen molar-refractivity contribution in [3.05, 3.63) is 80.1 Å². The molecule has 0 aliphatic rings. The lowest BCUT2D eigenvalue weighted by molar-refractivity contribution is -0.384. The van der Waals surface area contributed by atoms with Crippen molar-refractivity contribution in [1.82, 2.24) is 9.13 Å². The Kier molecular flexibility index (Phi) is 5.54. The molecule has 146 valence electrons. The molecule has 2 aromatic carbocycles. The molecule has 11 heteroatoms. The molecule has 3 aromatic rings. The molecule has 0 radical (unpaired) electrons. The van der Waals surface area contributed by atoms with E-state index in [0.29, 0.717) is 11.3 Å². The van der Waals surface area contributed by atoms with Gasteiger partial charge in [-0.3, -0.25) is 14.6 Å². The van der Waals surface area contributed by atoms with E-state index in [1.807, 2.05) is 0 Å². The van der Waals surface area contributed by atoms with Gasteiger partial charge in [-0.2, -0.15) is 4.21 Å². The minimum atomic E-state index is -2.34. The predicted molar refractivity (Wildman–Crippen MR) is 98.6 cm³/mol. The third-order valence-corrected chi connectivity index (χ3v) is 4.82. The zero-order chi connectivity index (χ0) is 20.3. The van der Waals surface area contributed by atoms with Gasteiger partial charge in [0.25, 0.3) is 5.69 Å². The SMILES string of the molecule is COc1ccc(Cc2noc(=O)n2S(=O)Oc2cc([N+](=O)[O-])ccc2C)cc1. The van der Waals surface area contributed by atoms with Crippen molar-refractivity contribution >= 4 is 17.0 Å². The Bertz CT molecular complexity index is 1090. The molecule has 1 aromatic heterocycles. The van der Waals surface area contributed by atoms with Crippen molar-refractivity contribution in [3.8, 4) is 11.5 Å². The molecule has 0 saturated heterocycles. The van der Waals surface area contributed by atoms with E-state index in [1.54, 1.807) is 38.3 Å². The maximum atomic E-state index is 12.6. The number of rotatable bonds is 7. The second-order valence-electron chi connectivity index (χ2n) is 5.69. The maximum Gasteiger partial charge on any atom is 0.456 e. The van der Waals surface area contributed by atoms with E-state index in [-0.39, 0.29) is 23.7 Å². The Morgan fingerprint density at radius 3 is 2.61 bits per heavy atom. The molecule has 1 heterocycles. The topological polar surface area (TPSA) is 127 Å². The van der Waals surface area contributed by atoms with E-state index in [1.165, 1.54) is 12.1 Å². The number of nitrogens with zero attached hydrogens (tertiary/aromatic N) is 3. The highest BCUT2D eigenvalue weighted by Crippen LogP contribution is 2.25. The maximum absolute atomic E-state index is 12.6. The summed E-state index contributed by atoms with van der Waals surface area (Å²) in [4.78, 5) is 22.3.